The van der Waals surface area contributed by atoms with E-state index < -0.39 is 0 Å². The highest BCUT2D eigenvalue weighted by Gasteiger charge is 2.12. The smallest absolute Gasteiger partial charge is 0.259 e. The maximum Gasteiger partial charge on any atom is 0.259 e. The van der Waals surface area contributed by atoms with Crippen LogP contribution in [0.25, 0.3) is 10.2 Å². The average Bonchev–Trinajstić information content (AvgIpc) is 3.03. The summed E-state index contributed by atoms with van der Waals surface area (Å²) in [5.74, 6) is 0.455. The summed E-state index contributed by atoms with van der Waals surface area (Å²) in [7, 11) is 0. The molecule has 3 rings (SSSR count). The first-order valence-electron chi connectivity index (χ1n) is 5.97. The summed E-state index contributed by atoms with van der Waals surface area (Å²) >= 11 is 3.24. The molecule has 20 heavy (non-hydrogen) atoms. The molecule has 102 valence electrons. The second-order valence-electron chi connectivity index (χ2n) is 4.21. The second kappa shape index (κ2) is 5.30. The number of aryl methyl sites for hydroxylation is 1. The molecule has 0 radical (unpaired) electrons. The molecule has 0 unspecified atom stereocenters. The lowest BCUT2D eigenvalue weighted by Gasteiger charge is -2.03. The summed E-state index contributed by atoms with van der Waals surface area (Å²) in [6.45, 7) is 1.77. The molecule has 0 fully saturated rings. The fourth-order valence-corrected chi connectivity index (χ4v) is 3.42. The monoisotopic (exact) mass is 304 g/mol. The largest absolute Gasteiger partial charge is 0.469 e. The molecule has 0 aliphatic heterocycles. The Morgan fingerprint density at radius 2 is 2.25 bits per heavy atom. The van der Waals surface area contributed by atoms with Crippen molar-refractivity contribution in [2.75, 3.05) is 11.6 Å². The molecule has 0 aliphatic rings. The number of carbonyl (C=O) groups excluding carboxylic acids is 1. The normalized spacial score (nSPS) is 10.9. The van der Waals surface area contributed by atoms with Gasteiger partial charge >= 0.3 is 0 Å². The van der Waals surface area contributed by atoms with Crippen LogP contribution in [-0.4, -0.2) is 17.1 Å². The SMILES string of the molecule is CSc1nc2ccc(NC(=O)c3ccoc3C)cc2s1. The molecule has 1 amide bonds. The van der Waals surface area contributed by atoms with E-state index in [1.807, 2.05) is 24.5 Å². The molecule has 0 spiro atoms. The first kappa shape index (κ1) is 13.2. The Hall–Kier alpha value is -1.79. The fraction of sp³-hybridized carbons (Fsp3) is 0.143. The number of furan rings is 1. The van der Waals surface area contributed by atoms with Crippen molar-refractivity contribution in [3.05, 3.63) is 41.9 Å². The molecule has 4 nitrogen and oxygen atoms in total. The van der Waals surface area contributed by atoms with Crippen LogP contribution in [0, 0.1) is 6.92 Å². The molecule has 2 aromatic heterocycles. The molecular formula is C14H12N2O2S2. The van der Waals surface area contributed by atoms with Gasteiger partial charge < -0.3 is 9.73 Å². The lowest BCUT2D eigenvalue weighted by atomic mass is 10.2. The molecule has 0 bridgehead atoms. The Morgan fingerprint density at radius 3 is 2.95 bits per heavy atom. The molecule has 0 atom stereocenters. The van der Waals surface area contributed by atoms with Gasteiger partial charge in [0.1, 0.15) is 5.76 Å². The van der Waals surface area contributed by atoms with Crippen molar-refractivity contribution in [3.63, 3.8) is 0 Å². The van der Waals surface area contributed by atoms with Crippen LogP contribution in [-0.2, 0) is 0 Å². The molecule has 2 heterocycles. The molecule has 0 aliphatic carbocycles. The van der Waals surface area contributed by atoms with Crippen LogP contribution in [0.2, 0.25) is 0 Å². The van der Waals surface area contributed by atoms with E-state index in [1.165, 1.54) is 6.26 Å². The highest BCUT2D eigenvalue weighted by atomic mass is 32.2. The van der Waals surface area contributed by atoms with E-state index >= 15 is 0 Å². The number of rotatable bonds is 3. The first-order valence-corrected chi connectivity index (χ1v) is 8.01. The van der Waals surface area contributed by atoms with Gasteiger partial charge in [-0.1, -0.05) is 11.8 Å². The molecule has 0 saturated heterocycles. The maximum atomic E-state index is 12.1. The number of anilines is 1. The molecule has 3 aromatic rings. The zero-order valence-corrected chi connectivity index (χ0v) is 12.6. The summed E-state index contributed by atoms with van der Waals surface area (Å²) in [5, 5.41) is 2.88. The minimum Gasteiger partial charge on any atom is -0.469 e. The van der Waals surface area contributed by atoms with E-state index in [4.69, 9.17) is 4.42 Å². The van der Waals surface area contributed by atoms with Crippen molar-refractivity contribution in [1.29, 1.82) is 0 Å². The summed E-state index contributed by atoms with van der Waals surface area (Å²) in [5.41, 5.74) is 2.27. The second-order valence-corrected chi connectivity index (χ2v) is 6.30. The van der Waals surface area contributed by atoms with Crippen molar-refractivity contribution >= 4 is 44.9 Å². The van der Waals surface area contributed by atoms with E-state index in [0.29, 0.717) is 11.3 Å². The van der Waals surface area contributed by atoms with Gasteiger partial charge in [0.05, 0.1) is 22.0 Å². The average molecular weight is 304 g/mol. The highest BCUT2D eigenvalue weighted by molar-refractivity contribution is 8.00. The highest BCUT2D eigenvalue weighted by Crippen LogP contribution is 2.30. The summed E-state index contributed by atoms with van der Waals surface area (Å²) in [4.78, 5) is 16.6. The van der Waals surface area contributed by atoms with Crippen LogP contribution in [0.4, 0.5) is 5.69 Å². The van der Waals surface area contributed by atoms with E-state index in [9.17, 15) is 4.79 Å². The minimum atomic E-state index is -0.162. The van der Waals surface area contributed by atoms with Gasteiger partial charge in [0.2, 0.25) is 0 Å². The van der Waals surface area contributed by atoms with Gasteiger partial charge in [0, 0.05) is 5.69 Å². The van der Waals surface area contributed by atoms with E-state index in [-0.39, 0.29) is 5.91 Å². The molecule has 1 N–H and O–H groups in total. The fourth-order valence-electron chi connectivity index (χ4n) is 1.89. The maximum absolute atomic E-state index is 12.1. The number of benzene rings is 1. The van der Waals surface area contributed by atoms with Crippen LogP contribution in [0.15, 0.2) is 39.3 Å². The van der Waals surface area contributed by atoms with Crippen LogP contribution in [0.3, 0.4) is 0 Å². The number of amides is 1. The Morgan fingerprint density at radius 1 is 1.40 bits per heavy atom. The predicted octanol–water partition coefficient (Wildman–Crippen LogP) is 4.17. The van der Waals surface area contributed by atoms with Crippen molar-refractivity contribution in [2.24, 2.45) is 0 Å². The molecule has 0 saturated carbocycles. The summed E-state index contributed by atoms with van der Waals surface area (Å²) in [6, 6.07) is 7.39. The van der Waals surface area contributed by atoms with Gasteiger partial charge in [0.25, 0.3) is 5.91 Å². The number of thiazole rings is 1. The van der Waals surface area contributed by atoms with Crippen molar-refractivity contribution < 1.29 is 9.21 Å². The Bertz CT molecular complexity index is 776. The van der Waals surface area contributed by atoms with E-state index in [2.05, 4.69) is 10.3 Å². The molecule has 6 heteroatoms. The summed E-state index contributed by atoms with van der Waals surface area (Å²) < 4.78 is 7.23. The number of hydrogen-bond donors (Lipinski definition) is 1. The number of aromatic nitrogens is 1. The van der Waals surface area contributed by atoms with Crippen molar-refractivity contribution in [2.45, 2.75) is 11.3 Å². The van der Waals surface area contributed by atoms with Crippen molar-refractivity contribution in [1.82, 2.24) is 4.98 Å². The minimum absolute atomic E-state index is 0.162. The number of carbonyl (C=O) groups is 1. The van der Waals surface area contributed by atoms with E-state index in [0.717, 1.165) is 20.2 Å². The number of nitrogens with zero attached hydrogens (tertiary/aromatic N) is 1. The number of fused-ring (bicyclic) bond motifs is 1. The van der Waals surface area contributed by atoms with Gasteiger partial charge in [-0.2, -0.15) is 0 Å². The van der Waals surface area contributed by atoms with Gasteiger partial charge in [-0.3, -0.25) is 4.79 Å². The number of hydrogen-bond acceptors (Lipinski definition) is 5. The quantitative estimate of drug-likeness (QED) is 0.738. The zero-order chi connectivity index (χ0) is 14.1. The molecular weight excluding hydrogens is 292 g/mol. The third-order valence-corrected chi connectivity index (χ3v) is 4.91. The Kier molecular flexibility index (Phi) is 3.50. The summed E-state index contributed by atoms with van der Waals surface area (Å²) in [6.07, 6.45) is 3.52. The van der Waals surface area contributed by atoms with Crippen molar-refractivity contribution in [3.8, 4) is 0 Å². The standard InChI is InChI=1S/C14H12N2O2S2/c1-8-10(5-6-18-8)13(17)15-9-3-4-11-12(7-9)20-14(16-11)19-2/h3-7H,1-2H3,(H,15,17). The Balaban J connectivity index is 1.87. The van der Waals surface area contributed by atoms with Gasteiger partial charge in [-0.15, -0.1) is 11.3 Å². The lowest BCUT2D eigenvalue weighted by molar-refractivity contribution is 0.102. The van der Waals surface area contributed by atoms with Gasteiger partial charge in [0.15, 0.2) is 4.34 Å². The van der Waals surface area contributed by atoms with E-state index in [1.54, 1.807) is 36.1 Å². The first-order chi connectivity index (χ1) is 9.67. The third kappa shape index (κ3) is 2.44. The lowest BCUT2D eigenvalue weighted by Crippen LogP contribution is -2.11. The number of nitrogens with one attached hydrogen (secondary N) is 1. The predicted molar refractivity (Wildman–Crippen MR) is 82.8 cm³/mol. The van der Waals surface area contributed by atoms with Gasteiger partial charge in [-0.25, -0.2) is 4.98 Å². The zero-order valence-electron chi connectivity index (χ0n) is 11.0. The van der Waals surface area contributed by atoms with Crippen LogP contribution < -0.4 is 5.32 Å². The number of thioether (sulfide) groups is 1. The van der Waals surface area contributed by atoms with Gasteiger partial charge in [-0.05, 0) is 37.4 Å². The van der Waals surface area contributed by atoms with Crippen LogP contribution in [0.5, 0.6) is 0 Å². The Labute approximate surface area is 124 Å². The topological polar surface area (TPSA) is 55.1 Å². The van der Waals surface area contributed by atoms with Crippen LogP contribution >= 0.6 is 23.1 Å². The molecule has 1 aromatic carbocycles. The van der Waals surface area contributed by atoms with Crippen LogP contribution in [0.1, 0.15) is 16.1 Å². The third-order valence-electron chi connectivity index (χ3n) is 2.90.